The lowest BCUT2D eigenvalue weighted by molar-refractivity contribution is -0.221. The molecule has 1 saturated heterocycles. The van der Waals surface area contributed by atoms with Crippen molar-refractivity contribution in [2.45, 2.75) is 19.1 Å². The molecule has 3 N–H and O–H groups in total. The summed E-state index contributed by atoms with van der Waals surface area (Å²) in [6.45, 7) is 0. The van der Waals surface area contributed by atoms with E-state index in [4.69, 9.17) is 5.11 Å². The zero-order valence-corrected chi connectivity index (χ0v) is 4.78. The number of aliphatic hydroxyl groups is 1. The Labute approximate surface area is 51.9 Å². The fraction of sp³-hybridized carbons (Fsp3) is 0.750. The number of amides is 1. The van der Waals surface area contributed by atoms with E-state index in [1.54, 1.807) is 0 Å². The summed E-state index contributed by atoms with van der Waals surface area (Å²) in [4.78, 5) is 14.6. The topological polar surface area (TPSA) is 75.8 Å². The molecule has 0 radical (unpaired) electrons. The van der Waals surface area contributed by atoms with Gasteiger partial charge in [0.15, 0.2) is 6.23 Å². The molecule has 0 saturated carbocycles. The fourth-order valence-electron chi connectivity index (χ4n) is 0.775. The molecule has 0 aromatic rings. The quantitative estimate of drug-likeness (QED) is 0.436. The van der Waals surface area contributed by atoms with Crippen LogP contribution in [0.15, 0.2) is 0 Å². The molecule has 0 bridgehead atoms. The lowest BCUT2D eigenvalue weighted by Gasteiger charge is -2.14. The predicted molar refractivity (Wildman–Crippen MR) is 27.4 cm³/mol. The number of carbonyl (C=O) groups is 1. The van der Waals surface area contributed by atoms with Crippen molar-refractivity contribution in [2.24, 2.45) is 5.90 Å². The van der Waals surface area contributed by atoms with Gasteiger partial charge < -0.3 is 5.11 Å². The van der Waals surface area contributed by atoms with E-state index in [0.717, 1.165) is 5.06 Å². The van der Waals surface area contributed by atoms with Crippen LogP contribution in [0.5, 0.6) is 0 Å². The molecule has 0 aliphatic carbocycles. The smallest absolute Gasteiger partial charge is 0.250 e. The third kappa shape index (κ3) is 1.02. The second-order valence-corrected chi connectivity index (χ2v) is 1.84. The first-order chi connectivity index (χ1) is 4.25. The average molecular weight is 132 g/mol. The van der Waals surface area contributed by atoms with E-state index < -0.39 is 6.23 Å². The van der Waals surface area contributed by atoms with Crippen LogP contribution in [0.2, 0.25) is 0 Å². The lowest BCUT2D eigenvalue weighted by atomic mass is 10.4. The van der Waals surface area contributed by atoms with E-state index in [1.165, 1.54) is 0 Å². The van der Waals surface area contributed by atoms with Gasteiger partial charge in [-0.15, -0.1) is 0 Å². The first kappa shape index (κ1) is 6.47. The summed E-state index contributed by atoms with van der Waals surface area (Å²) in [6.07, 6.45) is -0.156. The van der Waals surface area contributed by atoms with Gasteiger partial charge in [-0.3, -0.25) is 4.79 Å². The van der Waals surface area contributed by atoms with Gasteiger partial charge in [0.05, 0.1) is 0 Å². The lowest BCUT2D eigenvalue weighted by Crippen LogP contribution is -2.35. The third-order valence-corrected chi connectivity index (χ3v) is 1.25. The minimum Gasteiger partial charge on any atom is -0.371 e. The minimum absolute atomic E-state index is 0.273. The van der Waals surface area contributed by atoms with Crippen molar-refractivity contribution < 1.29 is 14.8 Å². The number of rotatable bonds is 1. The molecule has 5 nitrogen and oxygen atoms in total. The van der Waals surface area contributed by atoms with Crippen LogP contribution < -0.4 is 5.90 Å². The van der Waals surface area contributed by atoms with Crippen LogP contribution >= 0.6 is 0 Å². The number of nitrogens with zero attached hydrogens (tertiary/aromatic N) is 1. The Morgan fingerprint density at radius 1 is 1.89 bits per heavy atom. The highest BCUT2D eigenvalue weighted by atomic mass is 16.8. The second-order valence-electron chi connectivity index (χ2n) is 1.84. The molecule has 0 aromatic carbocycles. The monoisotopic (exact) mass is 132 g/mol. The SMILES string of the molecule is NON1C(=O)CCC1O. The van der Waals surface area contributed by atoms with Crippen molar-refractivity contribution in [3.05, 3.63) is 0 Å². The Bertz CT molecular complexity index is 127. The molecule has 1 atom stereocenters. The Hall–Kier alpha value is -0.650. The standard InChI is InChI=1S/C4H8N2O3/c5-9-6-3(7)1-2-4(6)8/h3,7H,1-2,5H2. The number of hydrogen-bond donors (Lipinski definition) is 2. The molecule has 1 heterocycles. The highest BCUT2D eigenvalue weighted by molar-refractivity contribution is 5.77. The van der Waals surface area contributed by atoms with Crippen LogP contribution in [0, 0.1) is 0 Å². The number of carbonyl (C=O) groups excluding carboxylic acids is 1. The molecule has 1 amide bonds. The molecule has 5 heteroatoms. The van der Waals surface area contributed by atoms with E-state index in [2.05, 4.69) is 10.8 Å². The van der Waals surface area contributed by atoms with Gasteiger partial charge in [0, 0.05) is 12.8 Å². The van der Waals surface area contributed by atoms with Crippen LogP contribution in [0.4, 0.5) is 0 Å². The van der Waals surface area contributed by atoms with Crippen LogP contribution in [0.25, 0.3) is 0 Å². The van der Waals surface area contributed by atoms with Gasteiger partial charge in [-0.25, -0.2) is 0 Å². The minimum atomic E-state index is -0.859. The fourth-order valence-corrected chi connectivity index (χ4v) is 0.775. The van der Waals surface area contributed by atoms with Gasteiger partial charge in [-0.2, -0.15) is 15.9 Å². The molecule has 1 aliphatic rings. The zero-order valence-electron chi connectivity index (χ0n) is 4.78. The predicted octanol–water partition coefficient (Wildman–Crippen LogP) is -1.27. The molecule has 0 aromatic heterocycles. The highest BCUT2D eigenvalue weighted by Gasteiger charge is 2.29. The maximum Gasteiger partial charge on any atom is 0.250 e. The normalized spacial score (nSPS) is 27.6. The first-order valence-corrected chi connectivity index (χ1v) is 2.62. The van der Waals surface area contributed by atoms with E-state index >= 15 is 0 Å². The molecule has 1 rings (SSSR count). The number of hydroxylamine groups is 2. The van der Waals surface area contributed by atoms with Gasteiger partial charge in [0.1, 0.15) is 0 Å². The summed E-state index contributed by atoms with van der Waals surface area (Å²) in [6, 6.07) is 0. The molecular formula is C4H8N2O3. The van der Waals surface area contributed by atoms with Gasteiger partial charge in [0.2, 0.25) is 5.91 Å². The maximum absolute atomic E-state index is 10.6. The van der Waals surface area contributed by atoms with Gasteiger partial charge in [0.25, 0.3) is 0 Å². The summed E-state index contributed by atoms with van der Waals surface area (Å²) >= 11 is 0. The van der Waals surface area contributed by atoms with E-state index in [1.807, 2.05) is 0 Å². The maximum atomic E-state index is 10.6. The molecule has 1 aliphatic heterocycles. The van der Waals surface area contributed by atoms with Crippen molar-refractivity contribution in [1.29, 1.82) is 0 Å². The average Bonchev–Trinajstić information content (AvgIpc) is 2.12. The van der Waals surface area contributed by atoms with Crippen molar-refractivity contribution >= 4 is 5.91 Å². The van der Waals surface area contributed by atoms with Crippen molar-refractivity contribution in [1.82, 2.24) is 5.06 Å². The Morgan fingerprint density at radius 3 is 2.78 bits per heavy atom. The summed E-state index contributed by atoms with van der Waals surface area (Å²) in [5.41, 5.74) is 0. The molecule has 0 spiro atoms. The van der Waals surface area contributed by atoms with Gasteiger partial charge in [-0.1, -0.05) is 0 Å². The van der Waals surface area contributed by atoms with Gasteiger partial charge in [-0.05, 0) is 0 Å². The highest BCUT2D eigenvalue weighted by Crippen LogP contribution is 2.14. The molecule has 52 valence electrons. The van der Waals surface area contributed by atoms with Crippen molar-refractivity contribution in [3.63, 3.8) is 0 Å². The Morgan fingerprint density at radius 2 is 2.56 bits per heavy atom. The largest absolute Gasteiger partial charge is 0.371 e. The number of hydrogen-bond acceptors (Lipinski definition) is 4. The summed E-state index contributed by atoms with van der Waals surface area (Å²) in [5, 5.41) is 9.62. The third-order valence-electron chi connectivity index (χ3n) is 1.25. The summed E-state index contributed by atoms with van der Waals surface area (Å²) < 4.78 is 0. The van der Waals surface area contributed by atoms with E-state index in [9.17, 15) is 4.79 Å². The van der Waals surface area contributed by atoms with E-state index in [-0.39, 0.29) is 5.91 Å². The summed E-state index contributed by atoms with van der Waals surface area (Å²) in [7, 11) is 0. The zero-order chi connectivity index (χ0) is 6.85. The second kappa shape index (κ2) is 2.30. The summed E-state index contributed by atoms with van der Waals surface area (Å²) in [5.74, 6) is 4.39. The number of aliphatic hydroxyl groups excluding tert-OH is 1. The van der Waals surface area contributed by atoms with Crippen LogP contribution in [-0.2, 0) is 9.73 Å². The first-order valence-electron chi connectivity index (χ1n) is 2.62. The van der Waals surface area contributed by atoms with Gasteiger partial charge >= 0.3 is 0 Å². The molecular weight excluding hydrogens is 124 g/mol. The molecule has 9 heavy (non-hydrogen) atoms. The molecule has 1 unspecified atom stereocenters. The van der Waals surface area contributed by atoms with Crippen LogP contribution in [0.3, 0.4) is 0 Å². The van der Waals surface area contributed by atoms with Crippen molar-refractivity contribution in [2.75, 3.05) is 0 Å². The molecule has 1 fully saturated rings. The van der Waals surface area contributed by atoms with Crippen LogP contribution in [-0.4, -0.2) is 22.3 Å². The Kier molecular flexibility index (Phi) is 1.65. The van der Waals surface area contributed by atoms with Crippen molar-refractivity contribution in [3.8, 4) is 0 Å². The van der Waals surface area contributed by atoms with Crippen LogP contribution in [0.1, 0.15) is 12.8 Å². The van der Waals surface area contributed by atoms with E-state index in [0.29, 0.717) is 12.8 Å². The number of nitrogens with two attached hydrogens (primary N) is 1. The Balaban J connectivity index is 2.55.